The van der Waals surface area contributed by atoms with Crippen LogP contribution in [0.2, 0.25) is 5.15 Å². The van der Waals surface area contributed by atoms with Crippen molar-refractivity contribution >= 4 is 87.6 Å². The largest absolute Gasteiger partial charge is 0.473 e. The molecule has 17 rings (SSSR count). The van der Waals surface area contributed by atoms with E-state index in [0.717, 1.165) is 77.2 Å². The van der Waals surface area contributed by atoms with E-state index in [1.165, 1.54) is 72.8 Å². The van der Waals surface area contributed by atoms with Crippen molar-refractivity contribution in [3.05, 3.63) is 231 Å². The Morgan fingerprint density at radius 2 is 0.627 bits per heavy atom. The van der Waals surface area contributed by atoms with Crippen LogP contribution in [0.3, 0.4) is 0 Å². The lowest BCUT2D eigenvalue weighted by Gasteiger charge is -2.50. The number of ether oxygens (including phenoxy) is 8. The number of hydrogen-bond acceptors (Lipinski definition) is 26. The molecule has 5 aromatic carbocycles. The summed E-state index contributed by atoms with van der Waals surface area (Å²) in [4.78, 5) is 110. The van der Waals surface area contributed by atoms with Gasteiger partial charge in [-0.3, -0.25) is 9.80 Å². The van der Waals surface area contributed by atoms with E-state index >= 15 is 0 Å². The van der Waals surface area contributed by atoms with Gasteiger partial charge in [0.1, 0.15) is 112 Å². The molecule has 8 bridgehead atoms. The Balaban J connectivity index is 0.000000151. The number of nitrogens with one attached hydrogen (secondary N) is 3. The molecule has 142 heavy (non-hydrogen) atoms. The summed E-state index contributed by atoms with van der Waals surface area (Å²) < 4.78 is 91.7. The molecule has 3 N–H and O–H groups in total. The topological polar surface area (TPSA) is 317 Å². The Kier molecular flexibility index (Phi) is 33.2. The molecule has 8 unspecified atom stereocenters. The van der Waals surface area contributed by atoms with E-state index in [9.17, 15) is 32.3 Å². The van der Waals surface area contributed by atoms with Crippen molar-refractivity contribution in [2.75, 3.05) is 115 Å². The first-order chi connectivity index (χ1) is 67.5. The molecule has 37 heteroatoms. The molecule has 752 valence electrons. The molecule has 33 nitrogen and oxygen atoms in total. The van der Waals surface area contributed by atoms with Gasteiger partial charge < -0.3 is 78.3 Å². The minimum absolute atomic E-state index is 0.0307. The zero-order chi connectivity index (χ0) is 102. The molecular weight excluding hydrogens is 1840 g/mol. The Morgan fingerprint density at radius 1 is 0.366 bits per heavy atom. The minimum atomic E-state index is -0.573. The summed E-state index contributed by atoms with van der Waals surface area (Å²) in [5.41, 5.74) is 4.41. The standard InChI is InChI=1S/C31H35FN6O3.C25H31FN6O3.C25H30FN5O3.C24H31ClN4O3/c1-20-28(36-26-12-11-24(33-5)13-25(26)32)34-19-35-29(20)40-27-22-15-37(14-21-9-7-6-8-10-21)16-23(27)18-38(17-22)30(39)41-31(2,3)4;1-15-22(30-20-8-7-18(27-5)9-19(20)26)28-14-29-23(15)34-21-16-10-31(6)11-17(21)13-32(12-16)24(33)35-25(2,3)4;1-15-22(30-20-10-9-18(27-5)11-19(20)26)28-14-29-23(15)33-21-16-7-6-8-17(21)13-31(12-16)24(32)34-25(2,3)4;1-16-21(25)26-15-27-22(16)31-20-18-11-28(10-17-8-6-5-7-9-17)12-19(20)14-29(13-18)23(30)32-24(2,3)4/h6-13,19,22-23,27H,14-18H2,1-4H3,(H,34,35,36);7-9,14,16-17,21H,10-13H2,1-4,6H3,(H,28,29,30);9-11,14,16-17,21H,6-8,12-13H2,1-4H3,(H,28,29,30);5-9,15,18-20H,10-14H2,1-4H3. The van der Waals surface area contributed by atoms with Crippen LogP contribution in [0, 0.1) is 112 Å². The molecule has 4 aromatic heterocycles. The first-order valence-electron chi connectivity index (χ1n) is 48.0. The summed E-state index contributed by atoms with van der Waals surface area (Å²) >= 11 is 6.18. The van der Waals surface area contributed by atoms with E-state index < -0.39 is 39.9 Å². The van der Waals surface area contributed by atoms with E-state index in [1.807, 2.05) is 140 Å². The van der Waals surface area contributed by atoms with Crippen LogP contribution in [-0.2, 0) is 32.0 Å². The molecule has 8 aliphatic rings. The highest BCUT2D eigenvalue weighted by molar-refractivity contribution is 6.30. The van der Waals surface area contributed by atoms with Crippen LogP contribution in [-0.4, -0.2) is 244 Å². The Hall–Kier alpha value is -13.5. The zero-order valence-electron chi connectivity index (χ0n) is 83.6. The first kappa shape index (κ1) is 104. The number of carbonyl (C=O) groups excluding carboxylic acids is 4. The summed E-state index contributed by atoms with van der Waals surface area (Å²) in [6.45, 7) is 61.8. The van der Waals surface area contributed by atoms with Crippen molar-refractivity contribution < 1.29 is 70.2 Å². The zero-order valence-corrected chi connectivity index (χ0v) is 84.4. The smallest absolute Gasteiger partial charge is 0.410 e. The molecule has 4 amide bonds. The summed E-state index contributed by atoms with van der Waals surface area (Å²) in [6.07, 6.45) is 7.07. The van der Waals surface area contributed by atoms with Gasteiger partial charge in [0, 0.05) is 158 Å². The van der Waals surface area contributed by atoms with Crippen molar-refractivity contribution in [1.29, 1.82) is 0 Å². The second-order valence-electron chi connectivity index (χ2n) is 41.7. The number of aromatic nitrogens is 8. The third kappa shape index (κ3) is 27.4. The number of nitrogens with zero attached hydrogens (tertiary/aromatic N) is 18. The lowest BCUT2D eigenvalue weighted by molar-refractivity contribution is -0.0725. The molecule has 0 radical (unpaired) electrons. The maximum absolute atomic E-state index is 14.6. The Bertz CT molecular complexity index is 6030. The second-order valence-corrected chi connectivity index (χ2v) is 42.1. The van der Waals surface area contributed by atoms with Gasteiger partial charge in [-0.2, -0.15) is 0 Å². The maximum atomic E-state index is 14.6. The highest BCUT2D eigenvalue weighted by Crippen LogP contribution is 2.44. The molecule has 8 atom stereocenters. The number of anilines is 6. The average molecular weight is 1970 g/mol. The summed E-state index contributed by atoms with van der Waals surface area (Å²) in [6, 6.07) is 33.6. The lowest BCUT2D eigenvalue weighted by Crippen LogP contribution is -2.62. The average Bonchev–Trinajstić information content (AvgIpc) is 0.771. The van der Waals surface area contributed by atoms with Crippen LogP contribution in [0.5, 0.6) is 23.5 Å². The molecule has 7 saturated heterocycles. The van der Waals surface area contributed by atoms with Gasteiger partial charge in [-0.15, -0.1) is 0 Å². The van der Waals surface area contributed by atoms with E-state index in [2.05, 4.69) is 129 Å². The van der Waals surface area contributed by atoms with Crippen LogP contribution in [0.1, 0.15) is 136 Å². The van der Waals surface area contributed by atoms with Crippen LogP contribution in [0.4, 0.5) is 83.9 Å². The second kappa shape index (κ2) is 45.2. The van der Waals surface area contributed by atoms with Gasteiger partial charge in [0.15, 0.2) is 17.1 Å². The molecule has 11 heterocycles. The van der Waals surface area contributed by atoms with Crippen molar-refractivity contribution in [3.63, 3.8) is 0 Å². The van der Waals surface area contributed by atoms with E-state index in [4.69, 9.17) is 69.2 Å². The van der Waals surface area contributed by atoms with Gasteiger partial charge in [-0.05, 0) is 178 Å². The first-order valence-corrected chi connectivity index (χ1v) is 48.4. The number of piperidine rings is 7. The molecule has 1 saturated carbocycles. The monoisotopic (exact) mass is 1970 g/mol. The fourth-order valence-electron chi connectivity index (χ4n) is 19.5. The highest BCUT2D eigenvalue weighted by atomic mass is 35.5. The minimum Gasteiger partial charge on any atom is -0.473 e. The third-order valence-electron chi connectivity index (χ3n) is 25.8. The quantitative estimate of drug-likeness (QED) is 0.0408. The number of halogens is 4. The van der Waals surface area contributed by atoms with Gasteiger partial charge in [0.05, 0.1) is 53.5 Å². The van der Waals surface area contributed by atoms with Crippen molar-refractivity contribution in [3.8, 4) is 23.5 Å². The summed E-state index contributed by atoms with van der Waals surface area (Å²) in [5.74, 6) is 2.37. The maximum Gasteiger partial charge on any atom is 0.410 e. The fourth-order valence-corrected chi connectivity index (χ4v) is 19.6. The normalized spacial score (nSPS) is 22.1. The molecule has 9 aromatic rings. The van der Waals surface area contributed by atoms with Crippen LogP contribution in [0.25, 0.3) is 14.5 Å². The van der Waals surface area contributed by atoms with Gasteiger partial charge >= 0.3 is 24.4 Å². The molecule has 0 spiro atoms. The number of likely N-dealkylation sites (tertiary alicyclic amines) is 7. The van der Waals surface area contributed by atoms with Crippen molar-refractivity contribution in [1.82, 2.24) is 74.2 Å². The van der Waals surface area contributed by atoms with Crippen molar-refractivity contribution in [2.45, 2.75) is 190 Å². The third-order valence-corrected chi connectivity index (χ3v) is 26.1. The lowest BCUT2D eigenvalue weighted by atomic mass is 9.75. The van der Waals surface area contributed by atoms with Crippen molar-refractivity contribution in [2.24, 2.45) is 47.3 Å². The van der Waals surface area contributed by atoms with E-state index in [1.54, 1.807) is 32.9 Å². The van der Waals surface area contributed by atoms with E-state index in [0.29, 0.717) is 115 Å². The van der Waals surface area contributed by atoms with E-state index in [-0.39, 0.29) is 130 Å². The summed E-state index contributed by atoms with van der Waals surface area (Å²) in [7, 11) is 2.07. The van der Waals surface area contributed by atoms with Gasteiger partial charge in [-0.1, -0.05) is 96.9 Å². The highest BCUT2D eigenvalue weighted by Gasteiger charge is 2.51. The molecule has 7 aliphatic heterocycles. The number of amides is 4. The number of benzene rings is 5. The predicted molar refractivity (Wildman–Crippen MR) is 532 cm³/mol. The summed E-state index contributed by atoms with van der Waals surface area (Å²) in [5, 5.41) is 9.38. The SMILES string of the molecule is Cc1c(Cl)ncnc1OC1C2CN(Cc3ccccc3)CC1CN(C(=O)OC(C)(C)C)C2.[C-]#[N+]c1ccc(Nc2ncnc(OC3C4CCCC3CN(C(=O)OC(C)(C)C)C4)c2C)c(F)c1.[C-]#[N+]c1ccc(Nc2ncnc(OC3C4CN(C)CC3CN(C(=O)OC(C)(C)C)C4)c2C)c(F)c1.[C-]#[N+]c1ccc(Nc2ncnc(OC3C4CN(Cc5ccccc5)CC3CN(C(=O)OC(C)(C)C)C4)c2C)c(F)c1. The molecule has 1 aliphatic carbocycles. The number of hydrogen-bond donors (Lipinski definition) is 3. The van der Waals surface area contributed by atoms with Gasteiger partial charge in [0.25, 0.3) is 0 Å². The fraction of sp³-hybridized carbons (Fsp3) is 0.495. The van der Waals surface area contributed by atoms with Gasteiger partial charge in [0.2, 0.25) is 23.5 Å². The van der Waals surface area contributed by atoms with Crippen LogP contribution >= 0.6 is 11.6 Å². The molecule has 8 fully saturated rings. The number of fused-ring (bicyclic) bond motifs is 8. The van der Waals surface area contributed by atoms with Crippen LogP contribution < -0.4 is 34.9 Å². The van der Waals surface area contributed by atoms with Gasteiger partial charge in [-0.25, -0.2) is 86.8 Å². The Labute approximate surface area is 833 Å². The molecular formula is C105H127ClF3N21O12. The predicted octanol–water partition coefficient (Wildman–Crippen LogP) is 20.2. The number of carbonyl (C=O) groups is 4. The Morgan fingerprint density at radius 3 is 0.901 bits per heavy atom. The van der Waals surface area contributed by atoms with Crippen LogP contribution in [0.15, 0.2) is 141 Å². The number of rotatable bonds is 18.